The first kappa shape index (κ1) is 17.7. The van der Waals surface area contributed by atoms with E-state index in [0.717, 1.165) is 0 Å². The standard InChI is InChI=1S/C18H19N3O5/c1-12-4-5-13(11-15(12)21(24)25)17(22)19-14-6-8-20(9-7-14)18(23)16-3-2-10-26-16/h2-5,10-11,14H,6-9H2,1H3,(H,19,22). The van der Waals surface area contributed by atoms with E-state index in [0.29, 0.717) is 37.3 Å². The molecule has 1 aliphatic heterocycles. The zero-order valence-corrected chi connectivity index (χ0v) is 14.3. The quantitative estimate of drug-likeness (QED) is 0.668. The van der Waals surface area contributed by atoms with E-state index in [1.54, 1.807) is 36.1 Å². The molecule has 2 heterocycles. The van der Waals surface area contributed by atoms with Crippen molar-refractivity contribution in [3.8, 4) is 0 Å². The first-order valence-electron chi connectivity index (χ1n) is 8.34. The molecule has 0 bridgehead atoms. The summed E-state index contributed by atoms with van der Waals surface area (Å²) in [6.07, 6.45) is 2.69. The normalized spacial score (nSPS) is 14.9. The highest BCUT2D eigenvalue weighted by Gasteiger charge is 2.26. The molecule has 26 heavy (non-hydrogen) atoms. The van der Waals surface area contributed by atoms with Gasteiger partial charge in [0.25, 0.3) is 17.5 Å². The molecule has 1 aromatic carbocycles. The van der Waals surface area contributed by atoms with E-state index in [1.165, 1.54) is 12.3 Å². The van der Waals surface area contributed by atoms with Crippen LogP contribution in [0.3, 0.4) is 0 Å². The fraction of sp³-hybridized carbons (Fsp3) is 0.333. The van der Waals surface area contributed by atoms with Gasteiger partial charge in [-0.3, -0.25) is 19.7 Å². The number of amides is 2. The zero-order chi connectivity index (χ0) is 18.7. The van der Waals surface area contributed by atoms with E-state index in [2.05, 4.69) is 5.32 Å². The topological polar surface area (TPSA) is 106 Å². The maximum atomic E-state index is 12.4. The molecule has 0 unspecified atom stereocenters. The third-order valence-electron chi connectivity index (χ3n) is 4.52. The van der Waals surface area contributed by atoms with Crippen molar-refractivity contribution < 1.29 is 18.9 Å². The number of carbonyl (C=O) groups is 2. The number of hydrogen-bond donors (Lipinski definition) is 1. The van der Waals surface area contributed by atoms with Crippen LogP contribution < -0.4 is 5.32 Å². The molecule has 8 nitrogen and oxygen atoms in total. The van der Waals surface area contributed by atoms with Crippen molar-refractivity contribution >= 4 is 17.5 Å². The minimum absolute atomic E-state index is 0.0727. The minimum atomic E-state index is -0.495. The van der Waals surface area contributed by atoms with Crippen LogP contribution in [0.5, 0.6) is 0 Å². The van der Waals surface area contributed by atoms with Gasteiger partial charge in [0.15, 0.2) is 5.76 Å². The van der Waals surface area contributed by atoms with Gasteiger partial charge in [0.05, 0.1) is 11.2 Å². The van der Waals surface area contributed by atoms with Crippen LogP contribution in [0.15, 0.2) is 41.0 Å². The summed E-state index contributed by atoms with van der Waals surface area (Å²) in [5.41, 5.74) is 0.698. The first-order chi connectivity index (χ1) is 12.5. The number of nitrogens with one attached hydrogen (secondary N) is 1. The molecule has 0 saturated carbocycles. The predicted octanol–water partition coefficient (Wildman–Crippen LogP) is 2.53. The average molecular weight is 357 g/mol. The van der Waals surface area contributed by atoms with Gasteiger partial charge in [0.2, 0.25) is 0 Å². The maximum Gasteiger partial charge on any atom is 0.289 e. The van der Waals surface area contributed by atoms with Crippen molar-refractivity contribution in [1.82, 2.24) is 10.2 Å². The van der Waals surface area contributed by atoms with Crippen molar-refractivity contribution in [2.45, 2.75) is 25.8 Å². The fourth-order valence-electron chi connectivity index (χ4n) is 3.00. The first-order valence-corrected chi connectivity index (χ1v) is 8.34. The maximum absolute atomic E-state index is 12.4. The monoisotopic (exact) mass is 357 g/mol. The lowest BCUT2D eigenvalue weighted by atomic mass is 10.0. The Bertz CT molecular complexity index is 823. The SMILES string of the molecule is Cc1ccc(C(=O)NC2CCN(C(=O)c3ccco3)CC2)cc1[N+](=O)[O-]. The van der Waals surface area contributed by atoms with Crippen molar-refractivity contribution in [3.05, 3.63) is 63.6 Å². The molecular weight excluding hydrogens is 338 g/mol. The zero-order valence-electron chi connectivity index (χ0n) is 14.3. The van der Waals surface area contributed by atoms with Crippen LogP contribution in [0, 0.1) is 17.0 Å². The summed E-state index contributed by atoms with van der Waals surface area (Å²) < 4.78 is 5.12. The summed E-state index contributed by atoms with van der Waals surface area (Å²) >= 11 is 0. The van der Waals surface area contributed by atoms with Crippen molar-refractivity contribution in [2.24, 2.45) is 0 Å². The molecule has 0 atom stereocenters. The van der Waals surface area contributed by atoms with E-state index >= 15 is 0 Å². The Morgan fingerprint density at radius 2 is 2.00 bits per heavy atom. The molecule has 0 aliphatic carbocycles. The lowest BCUT2D eigenvalue weighted by molar-refractivity contribution is -0.385. The number of carbonyl (C=O) groups excluding carboxylic acids is 2. The third kappa shape index (κ3) is 3.74. The van der Waals surface area contributed by atoms with E-state index in [4.69, 9.17) is 4.42 Å². The number of rotatable bonds is 4. The highest BCUT2D eigenvalue weighted by atomic mass is 16.6. The molecule has 1 aromatic heterocycles. The van der Waals surface area contributed by atoms with Gasteiger partial charge >= 0.3 is 0 Å². The van der Waals surface area contributed by atoms with Crippen molar-refractivity contribution in [3.63, 3.8) is 0 Å². The van der Waals surface area contributed by atoms with E-state index in [1.807, 2.05) is 0 Å². The van der Waals surface area contributed by atoms with Gasteiger partial charge in [-0.15, -0.1) is 0 Å². The molecule has 1 aliphatic rings. The Balaban J connectivity index is 1.58. The second-order valence-electron chi connectivity index (χ2n) is 6.28. The lowest BCUT2D eigenvalue weighted by Crippen LogP contribution is -2.46. The highest BCUT2D eigenvalue weighted by molar-refractivity contribution is 5.95. The van der Waals surface area contributed by atoms with Crippen LogP contribution in [0.25, 0.3) is 0 Å². The number of nitro groups is 1. The van der Waals surface area contributed by atoms with Gasteiger partial charge in [0, 0.05) is 36.3 Å². The number of hydrogen-bond acceptors (Lipinski definition) is 5. The fourth-order valence-corrected chi connectivity index (χ4v) is 3.00. The van der Waals surface area contributed by atoms with Crippen molar-refractivity contribution in [1.29, 1.82) is 0 Å². The van der Waals surface area contributed by atoms with Gasteiger partial charge in [-0.05, 0) is 38.0 Å². The van der Waals surface area contributed by atoms with Crippen LogP contribution in [-0.2, 0) is 0 Å². The van der Waals surface area contributed by atoms with Crippen LogP contribution in [-0.4, -0.2) is 40.8 Å². The number of likely N-dealkylation sites (tertiary alicyclic amines) is 1. The largest absolute Gasteiger partial charge is 0.459 e. The molecule has 1 saturated heterocycles. The average Bonchev–Trinajstić information content (AvgIpc) is 3.16. The van der Waals surface area contributed by atoms with Crippen molar-refractivity contribution in [2.75, 3.05) is 13.1 Å². The summed E-state index contributed by atoms with van der Waals surface area (Å²) in [5.74, 6) is -0.197. The Morgan fingerprint density at radius 1 is 1.27 bits per heavy atom. The summed E-state index contributed by atoms with van der Waals surface area (Å²) in [6.45, 7) is 2.66. The number of aryl methyl sites for hydroxylation is 1. The molecule has 0 radical (unpaired) electrons. The van der Waals surface area contributed by atoms with E-state index < -0.39 is 4.92 Å². The van der Waals surface area contributed by atoms with Gasteiger partial charge < -0.3 is 14.6 Å². The third-order valence-corrected chi connectivity index (χ3v) is 4.52. The smallest absolute Gasteiger partial charge is 0.289 e. The summed E-state index contributed by atoms with van der Waals surface area (Å²) in [7, 11) is 0. The lowest BCUT2D eigenvalue weighted by Gasteiger charge is -2.31. The van der Waals surface area contributed by atoms with Crippen LogP contribution in [0.1, 0.15) is 39.3 Å². The number of piperidine rings is 1. The summed E-state index contributed by atoms with van der Waals surface area (Å²) in [6, 6.07) is 7.65. The van der Waals surface area contributed by atoms with Gasteiger partial charge in [0.1, 0.15) is 0 Å². The molecule has 136 valence electrons. The minimum Gasteiger partial charge on any atom is -0.459 e. The molecule has 0 spiro atoms. The summed E-state index contributed by atoms with van der Waals surface area (Å²) in [5, 5.41) is 13.9. The molecule has 2 aromatic rings. The Kier molecular flexibility index (Phi) is 5.01. The van der Waals surface area contributed by atoms with Crippen LogP contribution in [0.2, 0.25) is 0 Å². The molecule has 3 rings (SSSR count). The second kappa shape index (κ2) is 7.38. The molecule has 8 heteroatoms. The van der Waals surface area contributed by atoms with Gasteiger partial charge in [-0.1, -0.05) is 6.07 Å². The Labute approximate surface area is 149 Å². The predicted molar refractivity (Wildman–Crippen MR) is 92.9 cm³/mol. The van der Waals surface area contributed by atoms with E-state index in [-0.39, 0.29) is 29.1 Å². The Hall–Kier alpha value is -3.16. The molecular formula is C18H19N3O5. The number of nitro benzene ring substituents is 1. The van der Waals surface area contributed by atoms with Crippen LogP contribution in [0.4, 0.5) is 5.69 Å². The molecule has 1 N–H and O–H groups in total. The van der Waals surface area contributed by atoms with Gasteiger partial charge in [-0.2, -0.15) is 0 Å². The number of nitrogens with zero attached hydrogens (tertiary/aromatic N) is 2. The van der Waals surface area contributed by atoms with Gasteiger partial charge in [-0.25, -0.2) is 0 Å². The Morgan fingerprint density at radius 3 is 2.62 bits per heavy atom. The number of benzene rings is 1. The summed E-state index contributed by atoms with van der Waals surface area (Å²) in [4.78, 5) is 36.8. The highest BCUT2D eigenvalue weighted by Crippen LogP contribution is 2.20. The number of furan rings is 1. The van der Waals surface area contributed by atoms with E-state index in [9.17, 15) is 19.7 Å². The molecule has 1 fully saturated rings. The molecule has 2 amide bonds. The second-order valence-corrected chi connectivity index (χ2v) is 6.28. The van der Waals surface area contributed by atoms with Crippen LogP contribution >= 0.6 is 0 Å².